The number of carboxylic acids is 12. The van der Waals surface area contributed by atoms with Gasteiger partial charge in [0.15, 0.2) is 0 Å². The highest BCUT2D eigenvalue weighted by Gasteiger charge is 2.38. The smallest absolute Gasteiger partial charge is 0.321 e. The van der Waals surface area contributed by atoms with Crippen molar-refractivity contribution in [2.24, 2.45) is 34.6 Å². The standard InChI is InChI=1S/C11H13NO2.C10H13NO2.C9H15NO2.C7H9NO2S.C7H15NO2.C6H8N2O2S.2C6H13NO2.C5H10N2O2.C5H9NO3.C4H9NO2.C3H7NO2/c13-11(14)10-6-9(7-12-10)8-4-2-1-3-5-8;1-11-9(10(12)13)7-8-5-3-2-4-6-8;11-9(12)8-5-6-3-1-2-4-7(6)10-8;8-6(7(9)10)3-5-1-2-11-4-5;1-3-4-5-6(8-2)7(9)10;7-5(6(9)10)1-4-2-11-3-8-4;2*1-2-3-4-5(7)6(8)9;6-3-1-4(5(8)9)7-2-3;7-3-1-4(5(8)9)6-2-3;1-3(5-2)4(6)7;1-4-2-3(5)6/h1-5,9-10,12H,6-7H2,(H,13,14);2-6,9,11H,7H2,1H3,(H,12,13);6-8,10H,1-5H2,(H,11,12);1-2,4,6H,3,8H2,(H,9,10);6,8H,3-5H2,1-2H3,(H,9,10);2-3,5H,1,7H2,(H,9,10);2*5H,2-4,7H2,1H3,(H,8,9);3-4,7H,1-2,6H2,(H,8,9);3-4,6-7H,1-2H2,(H,8,9);3,5H,1-2H3,(H,6,7);4H,2H2,1H3,(H,5,6)/t9-,10+;9-;6-,7-,8+;2*6-;3*5-;3-,4+;3-,4-;3-;/m10100010100./s1. The number of carbonyl (C=O) groups is 12. The average molecular weight is 1740 g/mol. The number of hydrogen-bond acceptors (Lipinski definition) is 29. The summed E-state index contributed by atoms with van der Waals surface area (Å²) in [6.45, 7) is 9.48. The maximum absolute atomic E-state index is 10.7. The van der Waals surface area contributed by atoms with Crippen molar-refractivity contribution < 1.29 is 124 Å². The molecule has 31 N–H and O–H groups in total. The van der Waals surface area contributed by atoms with E-state index in [1.165, 1.54) is 42.6 Å². The topological polar surface area (TPSA) is 707 Å². The number of carboxylic acid groups (broad SMARTS) is 12. The van der Waals surface area contributed by atoms with Gasteiger partial charge in [0, 0.05) is 49.9 Å². The van der Waals surface area contributed by atoms with Crippen LogP contribution in [0.4, 0.5) is 0 Å². The number of aliphatic hydroxyl groups excluding tert-OH is 1. The Morgan fingerprint density at radius 3 is 1.29 bits per heavy atom. The van der Waals surface area contributed by atoms with Crippen LogP contribution in [0.5, 0.6) is 0 Å². The van der Waals surface area contributed by atoms with Crippen molar-refractivity contribution in [2.45, 2.75) is 247 Å². The summed E-state index contributed by atoms with van der Waals surface area (Å²) in [6.07, 6.45) is 15.8. The lowest BCUT2D eigenvalue weighted by atomic mass is 9.85. The Morgan fingerprint density at radius 2 is 0.950 bits per heavy atom. The third kappa shape index (κ3) is 57.9. The van der Waals surface area contributed by atoms with Crippen molar-refractivity contribution >= 4 is 94.3 Å². The van der Waals surface area contributed by atoms with Crippen LogP contribution in [0.1, 0.15) is 165 Å². The highest BCUT2D eigenvalue weighted by atomic mass is 32.1. The Labute approximate surface area is 708 Å². The van der Waals surface area contributed by atoms with E-state index in [9.17, 15) is 57.5 Å². The molecule has 0 spiro atoms. The lowest BCUT2D eigenvalue weighted by molar-refractivity contribution is -0.140. The highest BCUT2D eigenvalue weighted by Crippen LogP contribution is 2.33. The Hall–Kier alpha value is -9.15. The second kappa shape index (κ2) is 69.5. The maximum Gasteiger partial charge on any atom is 0.321 e. The first-order chi connectivity index (χ1) is 56.6. The first-order valence-corrected chi connectivity index (χ1v) is 41.3. The van der Waals surface area contributed by atoms with E-state index >= 15 is 0 Å². The molecule has 682 valence electrons. The predicted molar refractivity (Wildman–Crippen MR) is 454 cm³/mol. The number of rotatable bonds is 32. The zero-order chi connectivity index (χ0) is 91.8. The molecule has 1 aliphatic carbocycles. The summed E-state index contributed by atoms with van der Waals surface area (Å²) in [4.78, 5) is 127. The van der Waals surface area contributed by atoms with E-state index in [0.717, 1.165) is 74.7 Å². The zero-order valence-electron chi connectivity index (χ0n) is 69.7. The third-order valence-corrected chi connectivity index (χ3v) is 19.6. The molecule has 2 aromatic carbocycles. The molecule has 0 bridgehead atoms. The molecule has 120 heavy (non-hydrogen) atoms. The molecule has 41 heteroatoms. The number of hydrogen-bond donors (Lipinski definition) is 26. The van der Waals surface area contributed by atoms with Crippen molar-refractivity contribution in [2.75, 3.05) is 54.4 Å². The third-order valence-electron chi connectivity index (χ3n) is 18.2. The number of aliphatic hydroxyl groups is 1. The number of likely N-dealkylation sites (N-methyl/N-ethyl adjacent to an activating group) is 4. The summed E-state index contributed by atoms with van der Waals surface area (Å²) in [6, 6.07) is 16.2. The van der Waals surface area contributed by atoms with E-state index < -0.39 is 126 Å². The summed E-state index contributed by atoms with van der Waals surface area (Å²) in [5.74, 6) is -9.07. The second-order valence-corrected chi connectivity index (χ2v) is 29.6. The minimum Gasteiger partial charge on any atom is -0.480 e. The predicted octanol–water partition coefficient (Wildman–Crippen LogP) is 2.46. The molecule has 1 saturated carbocycles. The molecule has 39 nitrogen and oxygen atoms in total. The van der Waals surface area contributed by atoms with Crippen LogP contribution in [0, 0.1) is 5.92 Å². The molecule has 0 unspecified atom stereocenters. The van der Waals surface area contributed by atoms with Gasteiger partial charge in [0.05, 0.1) is 23.9 Å². The van der Waals surface area contributed by atoms with Gasteiger partial charge in [0.1, 0.15) is 66.5 Å². The van der Waals surface area contributed by atoms with E-state index in [4.69, 9.17) is 95.1 Å². The number of aliphatic carboxylic acids is 12. The first kappa shape index (κ1) is 115. The number of fused-ring (bicyclic) bond motifs is 1. The van der Waals surface area contributed by atoms with Crippen LogP contribution in [0.2, 0.25) is 0 Å². The van der Waals surface area contributed by atoms with Crippen molar-refractivity contribution in [1.82, 2.24) is 47.5 Å². The van der Waals surface area contributed by atoms with Crippen LogP contribution in [0.25, 0.3) is 0 Å². The number of benzene rings is 2. The minimum absolute atomic E-state index is 0.0195. The quantitative estimate of drug-likeness (QED) is 0.0334. The van der Waals surface area contributed by atoms with Crippen LogP contribution < -0.4 is 71.2 Å². The van der Waals surface area contributed by atoms with Gasteiger partial charge in [-0.3, -0.25) is 57.5 Å². The van der Waals surface area contributed by atoms with E-state index in [1.54, 1.807) is 57.3 Å². The van der Waals surface area contributed by atoms with Crippen LogP contribution >= 0.6 is 22.7 Å². The number of β-amino-alcohol motifs (C(OH)–C–C–N with tert-alkyl or cyclic N) is 1. The number of nitrogens with two attached hydrogens (primary N) is 5. The van der Waals surface area contributed by atoms with Gasteiger partial charge in [-0.25, -0.2) is 4.98 Å². The summed E-state index contributed by atoms with van der Waals surface area (Å²) in [5.41, 5.74) is 32.1. The Balaban J connectivity index is -0.00000125. The molecule has 4 aliphatic heterocycles. The van der Waals surface area contributed by atoms with E-state index in [-0.39, 0.29) is 30.7 Å². The number of thiazole rings is 1. The molecule has 5 fully saturated rings. The van der Waals surface area contributed by atoms with E-state index in [2.05, 4.69) is 66.6 Å². The van der Waals surface area contributed by atoms with Gasteiger partial charge in [0.2, 0.25) is 0 Å². The van der Waals surface area contributed by atoms with Crippen molar-refractivity contribution in [1.29, 1.82) is 0 Å². The SMILES string of the molecule is CCCC[C@@H](N)C(=O)O.CCCC[C@H](N)C(=O)O.CCCC[C@H](NC)C(=O)O.CNCC(=O)O.CN[C@@H](C)C(=O)O.CN[C@@H](Cc1ccccc1)C(=O)O.N[C@@H](Cc1ccsc1)C(=O)O.N[C@@H](Cc1cscn1)C(=O)O.N[C@H]1CN[C@H](C(=O)O)C1.O=C(O)[C@@H]1C[C@@H](c2ccccc2)CN1.O=C(O)[C@@H]1C[C@H](O)CN1.O=C(O)[C@@H]1C[C@H]2CCCC[C@H]2N1. The zero-order valence-corrected chi connectivity index (χ0v) is 71.4. The van der Waals surface area contributed by atoms with Gasteiger partial charge in [-0.2, -0.15) is 11.3 Å². The van der Waals surface area contributed by atoms with Crippen LogP contribution in [-0.2, 0) is 76.8 Å². The lowest BCUT2D eigenvalue weighted by Gasteiger charge is -2.24. The highest BCUT2D eigenvalue weighted by molar-refractivity contribution is 7.08. The second-order valence-electron chi connectivity index (χ2n) is 28.1. The normalized spacial score (nSPS) is 20.3. The number of aromatic nitrogens is 1. The Bertz CT molecular complexity index is 3340. The molecular formula is C79H134N14O25S2. The monoisotopic (exact) mass is 1740 g/mol. The fraction of sp³-hybridized carbons (Fsp3) is 0.608. The molecule has 0 amide bonds. The summed E-state index contributed by atoms with van der Waals surface area (Å²) < 4.78 is 0. The lowest BCUT2D eigenvalue weighted by Crippen LogP contribution is -2.36. The summed E-state index contributed by atoms with van der Waals surface area (Å²) in [7, 11) is 6.53. The average Bonchev–Trinajstić information content (AvgIpc) is 1.71. The first-order valence-electron chi connectivity index (χ1n) is 39.4. The van der Waals surface area contributed by atoms with Gasteiger partial charge >= 0.3 is 71.6 Å². The van der Waals surface area contributed by atoms with Crippen molar-refractivity contribution in [3.8, 4) is 0 Å². The molecule has 4 saturated heterocycles. The molecule has 5 aliphatic rings. The summed E-state index contributed by atoms with van der Waals surface area (Å²) in [5, 5.41) is 138. The van der Waals surface area contributed by atoms with Gasteiger partial charge in [-0.1, -0.05) is 133 Å². The Morgan fingerprint density at radius 1 is 0.483 bits per heavy atom. The molecule has 2 aromatic heterocycles. The largest absolute Gasteiger partial charge is 0.480 e. The fourth-order valence-electron chi connectivity index (χ4n) is 11.0. The number of unbranched alkanes of at least 4 members (excludes halogenated alkanes) is 3. The molecule has 6 heterocycles. The number of nitrogens with one attached hydrogen (secondary N) is 8. The van der Waals surface area contributed by atoms with Gasteiger partial charge in [0.25, 0.3) is 0 Å². The molecular weight excluding hydrogens is 1610 g/mol. The van der Waals surface area contributed by atoms with E-state index in [1.807, 2.05) is 79.2 Å². The fourth-order valence-corrected chi connectivity index (χ4v) is 12.3. The molecule has 0 radical (unpaired) electrons. The van der Waals surface area contributed by atoms with Crippen molar-refractivity contribution in [3.63, 3.8) is 0 Å². The summed E-state index contributed by atoms with van der Waals surface area (Å²) >= 11 is 2.98. The van der Waals surface area contributed by atoms with Gasteiger partial charge < -0.3 is 138 Å². The molecule has 16 atom stereocenters. The molecule has 9 rings (SSSR count). The van der Waals surface area contributed by atoms with Crippen LogP contribution in [0.3, 0.4) is 0 Å². The number of thiophene rings is 1. The van der Waals surface area contributed by atoms with Gasteiger partial charge in [-0.05, 0) is 145 Å². The maximum atomic E-state index is 10.7. The number of nitrogens with zero attached hydrogens (tertiary/aromatic N) is 1. The van der Waals surface area contributed by atoms with Crippen LogP contribution in [0.15, 0.2) is 88.4 Å². The Kier molecular flexibility index (Phi) is 66.6. The van der Waals surface area contributed by atoms with Crippen molar-refractivity contribution in [3.05, 3.63) is 111 Å². The van der Waals surface area contributed by atoms with E-state index in [0.29, 0.717) is 82.3 Å². The van der Waals surface area contributed by atoms with Gasteiger partial charge in [-0.15, -0.1) is 11.3 Å². The minimum atomic E-state index is -0.988. The van der Waals surface area contributed by atoms with Crippen LogP contribution in [-0.4, -0.2) is 282 Å². The molecule has 4 aromatic rings.